The number of nitrogens with zero attached hydrogens (tertiary/aromatic N) is 1. The Morgan fingerprint density at radius 2 is 1.94 bits per heavy atom. The van der Waals surface area contributed by atoms with E-state index < -0.39 is 0 Å². The summed E-state index contributed by atoms with van der Waals surface area (Å²) in [6, 6.07) is 15.9. The smallest absolute Gasteiger partial charge is 0.407 e. The highest BCUT2D eigenvalue weighted by molar-refractivity contribution is 5.83. The zero-order chi connectivity index (χ0) is 22.6. The van der Waals surface area contributed by atoms with E-state index in [1.54, 1.807) is 0 Å². The van der Waals surface area contributed by atoms with E-state index in [1.165, 1.54) is 0 Å². The number of piperidine rings is 3. The minimum Gasteiger partial charge on any atom is -0.493 e. The number of hydrogen-bond acceptors (Lipinski definition) is 5. The van der Waals surface area contributed by atoms with Crippen LogP contribution in [0.2, 0.25) is 0 Å². The van der Waals surface area contributed by atoms with Crippen LogP contribution in [0.15, 0.2) is 52.9 Å². The van der Waals surface area contributed by atoms with Crippen LogP contribution < -0.4 is 10.1 Å². The molecule has 1 amide bonds. The molecule has 33 heavy (non-hydrogen) atoms. The normalized spacial score (nSPS) is 27.6. The van der Waals surface area contributed by atoms with Crippen LogP contribution >= 0.6 is 0 Å². The zero-order valence-corrected chi connectivity index (χ0v) is 19.2. The number of benzene rings is 2. The SMILES string of the molecule is CC1(C)COc2cc(-c3cc4ccccc4o3)ccc2C1NC(=O)O[C@@H]1CN2CCC1CC2. The van der Waals surface area contributed by atoms with Crippen LogP contribution in [0.3, 0.4) is 0 Å². The number of furan rings is 1. The predicted octanol–water partition coefficient (Wildman–Crippen LogP) is 5.38. The number of amides is 1. The van der Waals surface area contributed by atoms with Crippen molar-refractivity contribution in [1.82, 2.24) is 10.2 Å². The Hall–Kier alpha value is -2.99. The lowest BCUT2D eigenvalue weighted by Crippen LogP contribution is -2.53. The van der Waals surface area contributed by atoms with Crippen LogP contribution in [-0.4, -0.2) is 43.3 Å². The molecule has 6 nitrogen and oxygen atoms in total. The van der Waals surface area contributed by atoms with E-state index in [-0.39, 0.29) is 23.7 Å². The van der Waals surface area contributed by atoms with Gasteiger partial charge < -0.3 is 19.2 Å². The molecule has 2 atom stereocenters. The fraction of sp³-hybridized carbons (Fsp3) is 0.444. The fourth-order valence-electron chi connectivity index (χ4n) is 5.55. The Morgan fingerprint density at radius 3 is 2.70 bits per heavy atom. The van der Waals surface area contributed by atoms with E-state index in [2.05, 4.69) is 24.1 Å². The molecule has 4 aliphatic rings. The van der Waals surface area contributed by atoms with E-state index in [0.29, 0.717) is 12.5 Å². The van der Waals surface area contributed by atoms with Crippen LogP contribution in [-0.2, 0) is 4.74 Å². The molecule has 7 rings (SSSR count). The van der Waals surface area contributed by atoms with Crippen LogP contribution in [0.4, 0.5) is 4.79 Å². The average molecular weight is 447 g/mol. The predicted molar refractivity (Wildman–Crippen MR) is 126 cm³/mol. The quantitative estimate of drug-likeness (QED) is 0.585. The Balaban J connectivity index is 1.24. The molecule has 2 aromatic carbocycles. The molecule has 3 aromatic rings. The van der Waals surface area contributed by atoms with Gasteiger partial charge in [-0.15, -0.1) is 0 Å². The lowest BCUT2D eigenvalue weighted by molar-refractivity contribution is -0.0361. The minimum absolute atomic E-state index is 0.00890. The molecule has 1 aromatic heterocycles. The van der Waals surface area contributed by atoms with E-state index in [1.807, 2.05) is 48.5 Å². The average Bonchev–Trinajstić information content (AvgIpc) is 3.26. The van der Waals surface area contributed by atoms with Crippen molar-refractivity contribution in [2.45, 2.75) is 38.8 Å². The molecule has 2 bridgehead atoms. The maximum Gasteiger partial charge on any atom is 0.407 e. The number of ether oxygens (including phenoxy) is 2. The maximum atomic E-state index is 12.9. The molecule has 0 spiro atoms. The largest absolute Gasteiger partial charge is 0.493 e. The van der Waals surface area contributed by atoms with Gasteiger partial charge in [-0.1, -0.05) is 44.2 Å². The van der Waals surface area contributed by atoms with Gasteiger partial charge >= 0.3 is 6.09 Å². The third-order valence-electron chi connectivity index (χ3n) is 7.53. The van der Waals surface area contributed by atoms with Gasteiger partial charge in [0.05, 0.1) is 12.6 Å². The summed E-state index contributed by atoms with van der Waals surface area (Å²) in [5.74, 6) is 2.07. The van der Waals surface area contributed by atoms with Crippen molar-refractivity contribution in [3.8, 4) is 17.1 Å². The van der Waals surface area contributed by atoms with E-state index in [0.717, 1.165) is 66.1 Å². The molecule has 172 valence electrons. The first-order chi connectivity index (χ1) is 16.0. The topological polar surface area (TPSA) is 63.9 Å². The molecule has 0 radical (unpaired) electrons. The molecule has 3 saturated heterocycles. The second kappa shape index (κ2) is 7.80. The molecule has 1 unspecified atom stereocenters. The van der Waals surface area contributed by atoms with Gasteiger partial charge in [-0.25, -0.2) is 4.79 Å². The molecule has 6 heteroatoms. The molecule has 3 fully saturated rings. The number of nitrogens with one attached hydrogen (secondary N) is 1. The third-order valence-corrected chi connectivity index (χ3v) is 7.53. The monoisotopic (exact) mass is 446 g/mol. The summed E-state index contributed by atoms with van der Waals surface area (Å²) < 4.78 is 18.1. The Bertz CT molecular complexity index is 1160. The van der Waals surface area contributed by atoms with Gasteiger partial charge in [0.25, 0.3) is 0 Å². The summed E-state index contributed by atoms with van der Waals surface area (Å²) in [6.45, 7) is 7.84. The van der Waals surface area contributed by atoms with Gasteiger partial charge in [-0.2, -0.15) is 0 Å². The first-order valence-corrected chi connectivity index (χ1v) is 11.9. The highest BCUT2D eigenvalue weighted by Gasteiger charge is 2.41. The van der Waals surface area contributed by atoms with Crippen molar-refractivity contribution in [2.75, 3.05) is 26.2 Å². The van der Waals surface area contributed by atoms with E-state index >= 15 is 0 Å². The molecule has 4 aliphatic heterocycles. The molecular formula is C27H30N2O4. The molecule has 1 N–H and O–H groups in total. The van der Waals surface area contributed by atoms with Crippen molar-refractivity contribution < 1.29 is 18.7 Å². The standard InChI is InChI=1S/C27H30N2O4/c1-27(2)16-31-23-14-19(22-13-18-5-3-4-6-21(18)32-22)7-8-20(23)25(27)28-26(30)33-24-15-29-11-9-17(24)10-12-29/h3-8,13-14,17,24-25H,9-12,15-16H2,1-2H3,(H,28,30)/t24-,25?/m1/s1. The highest BCUT2D eigenvalue weighted by atomic mass is 16.6. The Morgan fingerprint density at radius 1 is 1.12 bits per heavy atom. The van der Waals surface area contributed by atoms with Gasteiger partial charge in [-0.05, 0) is 50.0 Å². The number of carbonyl (C=O) groups is 1. The summed E-state index contributed by atoms with van der Waals surface area (Å²) >= 11 is 0. The Kier molecular flexibility index (Phi) is 4.87. The summed E-state index contributed by atoms with van der Waals surface area (Å²) in [5, 5.41) is 4.24. The first-order valence-electron chi connectivity index (χ1n) is 11.9. The lowest BCUT2D eigenvalue weighted by atomic mass is 9.79. The Labute approximate surface area is 193 Å². The van der Waals surface area contributed by atoms with Crippen molar-refractivity contribution >= 4 is 17.1 Å². The molecule has 0 aliphatic carbocycles. The molecule has 0 saturated carbocycles. The van der Waals surface area contributed by atoms with Crippen LogP contribution in [0, 0.1) is 11.3 Å². The summed E-state index contributed by atoms with van der Waals surface area (Å²) in [4.78, 5) is 15.3. The number of carbonyl (C=O) groups excluding carboxylic acids is 1. The number of fused-ring (bicyclic) bond motifs is 5. The van der Waals surface area contributed by atoms with Crippen molar-refractivity contribution in [2.24, 2.45) is 11.3 Å². The number of hydrogen-bond donors (Lipinski definition) is 1. The van der Waals surface area contributed by atoms with Gasteiger partial charge in [0, 0.05) is 28.5 Å². The van der Waals surface area contributed by atoms with Gasteiger partial charge in [0.1, 0.15) is 23.2 Å². The summed E-state index contributed by atoms with van der Waals surface area (Å²) in [7, 11) is 0. The van der Waals surface area contributed by atoms with Crippen molar-refractivity contribution in [3.63, 3.8) is 0 Å². The van der Waals surface area contributed by atoms with E-state index in [9.17, 15) is 4.79 Å². The van der Waals surface area contributed by atoms with Crippen LogP contribution in [0.1, 0.15) is 38.3 Å². The summed E-state index contributed by atoms with van der Waals surface area (Å²) in [6.07, 6.45) is 1.90. The highest BCUT2D eigenvalue weighted by Crippen LogP contribution is 2.44. The van der Waals surface area contributed by atoms with Gasteiger partial charge in [0.15, 0.2) is 0 Å². The van der Waals surface area contributed by atoms with Crippen LogP contribution in [0.5, 0.6) is 5.75 Å². The number of rotatable bonds is 3. The van der Waals surface area contributed by atoms with Gasteiger partial charge in [-0.3, -0.25) is 4.90 Å². The van der Waals surface area contributed by atoms with Crippen molar-refractivity contribution in [1.29, 1.82) is 0 Å². The zero-order valence-electron chi connectivity index (χ0n) is 19.2. The third kappa shape index (κ3) is 3.76. The summed E-state index contributed by atoms with van der Waals surface area (Å²) in [5.41, 5.74) is 2.53. The molecular weight excluding hydrogens is 416 g/mol. The number of para-hydroxylation sites is 1. The number of alkyl carbamates (subject to hydrolysis) is 1. The van der Waals surface area contributed by atoms with Gasteiger partial charge in [0.2, 0.25) is 0 Å². The maximum absolute atomic E-state index is 12.9. The van der Waals surface area contributed by atoms with Crippen molar-refractivity contribution in [3.05, 3.63) is 54.1 Å². The lowest BCUT2D eigenvalue weighted by Gasteiger charge is -2.44. The second-order valence-electron chi connectivity index (χ2n) is 10.3. The van der Waals surface area contributed by atoms with Crippen LogP contribution in [0.25, 0.3) is 22.3 Å². The molecule has 5 heterocycles. The fourth-order valence-corrected chi connectivity index (χ4v) is 5.55. The second-order valence-corrected chi connectivity index (χ2v) is 10.3. The first kappa shape index (κ1) is 20.6. The van der Waals surface area contributed by atoms with E-state index in [4.69, 9.17) is 13.9 Å². The minimum atomic E-state index is -0.332.